The number of hydrogen-bond donors (Lipinski definition) is 2. The molecule has 0 spiro atoms. The highest BCUT2D eigenvalue weighted by atomic mass is 19.1. The van der Waals surface area contributed by atoms with Crippen molar-refractivity contribution in [2.45, 2.75) is 37.8 Å². The summed E-state index contributed by atoms with van der Waals surface area (Å²) in [6, 6.07) is 8.73. The second kappa shape index (κ2) is 6.84. The van der Waals surface area contributed by atoms with Crippen molar-refractivity contribution in [3.63, 3.8) is 0 Å². The first kappa shape index (κ1) is 16.7. The molecule has 0 amide bonds. The number of nitrogen functional groups attached to an aromatic ring is 1. The van der Waals surface area contributed by atoms with Gasteiger partial charge in [0, 0.05) is 23.8 Å². The first-order chi connectivity index (χ1) is 12.6. The summed E-state index contributed by atoms with van der Waals surface area (Å²) in [5, 5.41) is 0. The topological polar surface area (TPSA) is 95.6 Å². The number of benzene rings is 1. The molecule has 7 heteroatoms. The van der Waals surface area contributed by atoms with Gasteiger partial charge in [-0.05, 0) is 56.0 Å². The molecule has 1 aromatic carbocycles. The van der Waals surface area contributed by atoms with Crippen LogP contribution in [0.1, 0.15) is 31.7 Å². The molecule has 1 aliphatic rings. The normalized spacial score (nSPS) is 20.2. The van der Waals surface area contributed by atoms with Crippen LogP contribution in [-0.2, 0) is 0 Å². The highest BCUT2D eigenvalue weighted by Gasteiger charge is 2.25. The average Bonchev–Trinajstić information content (AvgIpc) is 3.08. The smallest absolute Gasteiger partial charge is 0.220 e. The van der Waals surface area contributed by atoms with Gasteiger partial charge in [0.25, 0.3) is 0 Å². The molecule has 134 valence electrons. The van der Waals surface area contributed by atoms with E-state index in [-0.39, 0.29) is 17.8 Å². The molecular weight excluding hydrogens is 331 g/mol. The summed E-state index contributed by atoms with van der Waals surface area (Å²) in [5.41, 5.74) is 15.1. The minimum Gasteiger partial charge on any atom is -0.368 e. The molecule has 3 aromatic rings. The van der Waals surface area contributed by atoms with Crippen molar-refractivity contribution in [3.05, 3.63) is 48.7 Å². The fraction of sp³-hybridized carbons (Fsp3) is 0.316. The average molecular weight is 352 g/mol. The number of nitrogens with two attached hydrogens (primary N) is 2. The maximum absolute atomic E-state index is 13.3. The van der Waals surface area contributed by atoms with Crippen LogP contribution in [0.25, 0.3) is 22.6 Å². The van der Waals surface area contributed by atoms with E-state index in [4.69, 9.17) is 11.5 Å². The third-order valence-electron chi connectivity index (χ3n) is 4.96. The summed E-state index contributed by atoms with van der Waals surface area (Å²) in [6.45, 7) is 0. The maximum Gasteiger partial charge on any atom is 0.220 e. The highest BCUT2D eigenvalue weighted by Crippen LogP contribution is 2.36. The van der Waals surface area contributed by atoms with Crippen LogP contribution >= 0.6 is 0 Å². The van der Waals surface area contributed by atoms with Gasteiger partial charge in [-0.1, -0.05) is 0 Å². The molecule has 1 saturated carbocycles. The molecule has 1 fully saturated rings. The van der Waals surface area contributed by atoms with Gasteiger partial charge in [0.05, 0.1) is 23.4 Å². The van der Waals surface area contributed by atoms with E-state index < -0.39 is 0 Å². The van der Waals surface area contributed by atoms with Crippen LogP contribution in [0, 0.1) is 5.82 Å². The van der Waals surface area contributed by atoms with E-state index in [0.29, 0.717) is 11.7 Å². The van der Waals surface area contributed by atoms with Gasteiger partial charge in [-0.25, -0.2) is 19.3 Å². The summed E-state index contributed by atoms with van der Waals surface area (Å²) < 4.78 is 15.5. The molecule has 0 saturated heterocycles. The Labute approximate surface area is 151 Å². The summed E-state index contributed by atoms with van der Waals surface area (Å²) in [7, 11) is 0. The Kier molecular flexibility index (Phi) is 4.38. The second-order valence-corrected chi connectivity index (χ2v) is 6.72. The van der Waals surface area contributed by atoms with Crippen molar-refractivity contribution in [1.82, 2.24) is 19.5 Å². The summed E-state index contributed by atoms with van der Waals surface area (Å²) in [4.78, 5) is 13.0. The van der Waals surface area contributed by atoms with Crippen LogP contribution in [0.4, 0.5) is 10.3 Å². The van der Waals surface area contributed by atoms with Crippen molar-refractivity contribution in [2.24, 2.45) is 5.73 Å². The molecule has 0 atom stereocenters. The Balaban J connectivity index is 1.83. The quantitative estimate of drug-likeness (QED) is 0.755. The van der Waals surface area contributed by atoms with Gasteiger partial charge in [-0.15, -0.1) is 0 Å². The zero-order chi connectivity index (χ0) is 18.1. The third kappa shape index (κ3) is 3.17. The maximum atomic E-state index is 13.3. The van der Waals surface area contributed by atoms with Crippen LogP contribution in [-0.4, -0.2) is 25.6 Å². The largest absolute Gasteiger partial charge is 0.368 e. The number of rotatable bonds is 3. The van der Waals surface area contributed by atoms with Crippen molar-refractivity contribution in [1.29, 1.82) is 0 Å². The van der Waals surface area contributed by atoms with Crippen LogP contribution < -0.4 is 11.5 Å². The minimum atomic E-state index is -0.276. The monoisotopic (exact) mass is 352 g/mol. The van der Waals surface area contributed by atoms with Crippen LogP contribution in [0.5, 0.6) is 0 Å². The van der Waals surface area contributed by atoms with Crippen molar-refractivity contribution in [3.8, 4) is 22.6 Å². The van der Waals surface area contributed by atoms with E-state index in [2.05, 4.69) is 19.5 Å². The number of aromatic nitrogens is 4. The third-order valence-corrected chi connectivity index (χ3v) is 4.96. The number of halogens is 1. The predicted octanol–water partition coefficient (Wildman–Crippen LogP) is 3.17. The van der Waals surface area contributed by atoms with Crippen molar-refractivity contribution >= 4 is 5.95 Å². The summed E-state index contributed by atoms with van der Waals surface area (Å²) >= 11 is 0. The van der Waals surface area contributed by atoms with Gasteiger partial charge in [0.2, 0.25) is 5.95 Å². The molecule has 2 heterocycles. The second-order valence-electron chi connectivity index (χ2n) is 6.72. The van der Waals surface area contributed by atoms with E-state index >= 15 is 0 Å². The summed E-state index contributed by atoms with van der Waals surface area (Å²) in [6.07, 6.45) is 7.44. The number of anilines is 1. The molecule has 2 aromatic heterocycles. The first-order valence-corrected chi connectivity index (χ1v) is 8.79. The standard InChI is InChI=1S/C19H21FN6/c20-13-3-1-12(2-4-13)17-18(16-9-10-23-19(22)25-16)26(11-24-17)15-7-5-14(21)6-8-15/h1-4,9-11,14-15H,5-8,21H2,(H2,22,23,25). The Hall–Kier alpha value is -2.80. The fourth-order valence-electron chi connectivity index (χ4n) is 3.60. The number of imidazole rings is 1. The molecule has 0 bridgehead atoms. The van der Waals surface area contributed by atoms with Crippen molar-refractivity contribution < 1.29 is 4.39 Å². The van der Waals surface area contributed by atoms with Gasteiger partial charge < -0.3 is 16.0 Å². The lowest BCUT2D eigenvalue weighted by Gasteiger charge is -2.28. The zero-order valence-corrected chi connectivity index (χ0v) is 14.3. The lowest BCUT2D eigenvalue weighted by molar-refractivity contribution is 0.325. The van der Waals surface area contributed by atoms with Crippen LogP contribution in [0.3, 0.4) is 0 Å². The molecule has 0 unspecified atom stereocenters. The van der Waals surface area contributed by atoms with Gasteiger partial charge in [-0.2, -0.15) is 0 Å². The lowest BCUT2D eigenvalue weighted by atomic mass is 9.91. The Bertz CT molecular complexity index is 897. The molecular formula is C19H21FN6. The fourth-order valence-corrected chi connectivity index (χ4v) is 3.60. The molecule has 0 radical (unpaired) electrons. The number of nitrogens with zero attached hydrogens (tertiary/aromatic N) is 4. The van der Waals surface area contributed by atoms with E-state index in [1.807, 2.05) is 12.4 Å². The van der Waals surface area contributed by atoms with Crippen LogP contribution in [0.2, 0.25) is 0 Å². The molecule has 6 nitrogen and oxygen atoms in total. The Morgan fingerprint density at radius 3 is 2.42 bits per heavy atom. The SMILES string of the molecule is Nc1nccc(-c2c(-c3ccc(F)cc3)ncn2C2CCC(N)CC2)n1. The summed E-state index contributed by atoms with van der Waals surface area (Å²) in [5.74, 6) is -0.0618. The van der Waals surface area contributed by atoms with Gasteiger partial charge in [0.15, 0.2) is 0 Å². The van der Waals surface area contributed by atoms with E-state index in [0.717, 1.165) is 42.6 Å². The van der Waals surface area contributed by atoms with Gasteiger partial charge in [0.1, 0.15) is 5.82 Å². The lowest BCUT2D eigenvalue weighted by Crippen LogP contribution is -2.27. The number of hydrogen-bond acceptors (Lipinski definition) is 5. The first-order valence-electron chi connectivity index (χ1n) is 8.79. The van der Waals surface area contributed by atoms with Gasteiger partial charge in [-0.3, -0.25) is 0 Å². The Morgan fingerprint density at radius 2 is 1.73 bits per heavy atom. The van der Waals surface area contributed by atoms with E-state index in [1.54, 1.807) is 18.3 Å². The highest BCUT2D eigenvalue weighted by molar-refractivity contribution is 5.77. The molecule has 26 heavy (non-hydrogen) atoms. The predicted molar refractivity (Wildman–Crippen MR) is 98.5 cm³/mol. The molecule has 0 aliphatic heterocycles. The molecule has 4 N–H and O–H groups in total. The van der Waals surface area contributed by atoms with E-state index in [1.165, 1.54) is 12.1 Å². The van der Waals surface area contributed by atoms with Crippen LogP contribution in [0.15, 0.2) is 42.9 Å². The van der Waals surface area contributed by atoms with E-state index in [9.17, 15) is 4.39 Å². The molecule has 1 aliphatic carbocycles. The Morgan fingerprint density at radius 1 is 1.00 bits per heavy atom. The zero-order valence-electron chi connectivity index (χ0n) is 14.3. The molecule has 4 rings (SSSR count). The minimum absolute atomic E-state index is 0.214. The van der Waals surface area contributed by atoms with Crippen molar-refractivity contribution in [2.75, 3.05) is 5.73 Å². The van der Waals surface area contributed by atoms with Gasteiger partial charge >= 0.3 is 0 Å².